The molecule has 0 saturated heterocycles. The summed E-state index contributed by atoms with van der Waals surface area (Å²) in [6.07, 6.45) is 6.23. The molecule has 2 N–H and O–H groups in total. The molecule has 96 valence electrons. The molecule has 1 saturated carbocycles. The van der Waals surface area contributed by atoms with Gasteiger partial charge in [-0.15, -0.1) is 0 Å². The number of nitrogens with one attached hydrogen (secondary N) is 1. The summed E-state index contributed by atoms with van der Waals surface area (Å²) in [5, 5.41) is 13.2. The van der Waals surface area contributed by atoms with Crippen LogP contribution in [-0.4, -0.2) is 36.0 Å². The average Bonchev–Trinajstić information content (AvgIpc) is 2.25. The fraction of sp³-hybridized carbons (Fsp3) is 1.00. The first-order valence-electron chi connectivity index (χ1n) is 6.56. The Bertz CT molecular complexity index is 188. The molecule has 0 aromatic heterocycles. The van der Waals surface area contributed by atoms with Crippen molar-refractivity contribution in [2.24, 2.45) is 0 Å². The summed E-state index contributed by atoms with van der Waals surface area (Å²) in [4.78, 5) is 0. The molecule has 0 aromatic rings. The van der Waals surface area contributed by atoms with E-state index in [0.29, 0.717) is 13.2 Å². The number of β-amino-alcohol motifs (C(OH)–C–C–N with tert-alkyl or cyclic N) is 1. The van der Waals surface area contributed by atoms with E-state index in [4.69, 9.17) is 4.74 Å². The van der Waals surface area contributed by atoms with E-state index < -0.39 is 0 Å². The molecular formula is C13H27NO2. The molecule has 1 aliphatic carbocycles. The van der Waals surface area contributed by atoms with Gasteiger partial charge in [-0.2, -0.15) is 0 Å². The molecule has 1 fully saturated rings. The van der Waals surface area contributed by atoms with Gasteiger partial charge >= 0.3 is 0 Å². The van der Waals surface area contributed by atoms with Crippen LogP contribution in [0.3, 0.4) is 0 Å². The third-order valence-electron chi connectivity index (χ3n) is 3.34. The van der Waals surface area contributed by atoms with Crippen LogP contribution in [0.2, 0.25) is 0 Å². The van der Waals surface area contributed by atoms with Gasteiger partial charge in [0.2, 0.25) is 0 Å². The summed E-state index contributed by atoms with van der Waals surface area (Å²) in [6.45, 7) is 7.32. The molecule has 0 spiro atoms. The molecule has 0 heterocycles. The third kappa shape index (κ3) is 5.28. The van der Waals surface area contributed by atoms with E-state index in [1.807, 2.05) is 13.8 Å². The first-order chi connectivity index (χ1) is 7.52. The van der Waals surface area contributed by atoms with Gasteiger partial charge in [0.1, 0.15) is 0 Å². The van der Waals surface area contributed by atoms with Crippen molar-refractivity contribution < 1.29 is 9.84 Å². The van der Waals surface area contributed by atoms with Crippen molar-refractivity contribution in [3.05, 3.63) is 0 Å². The molecule has 0 radical (unpaired) electrons. The molecule has 16 heavy (non-hydrogen) atoms. The monoisotopic (exact) mass is 229 g/mol. The number of aliphatic hydroxyl groups excluding tert-OH is 1. The van der Waals surface area contributed by atoms with Gasteiger partial charge in [0.05, 0.1) is 18.8 Å². The highest BCUT2D eigenvalue weighted by Crippen LogP contribution is 2.27. The second-order valence-electron chi connectivity index (χ2n) is 5.54. The smallest absolute Gasteiger partial charge is 0.0898 e. The highest BCUT2D eigenvalue weighted by Gasteiger charge is 2.26. The molecule has 3 nitrogen and oxygen atoms in total. The number of hydrogen-bond acceptors (Lipinski definition) is 3. The maximum Gasteiger partial charge on any atom is 0.0898 e. The Kier molecular flexibility index (Phi) is 5.73. The molecule has 0 bridgehead atoms. The summed E-state index contributed by atoms with van der Waals surface area (Å²) in [7, 11) is 0. The van der Waals surface area contributed by atoms with Crippen LogP contribution in [0.15, 0.2) is 0 Å². The number of ether oxygens (including phenoxy) is 1. The van der Waals surface area contributed by atoms with E-state index in [0.717, 1.165) is 0 Å². The standard InChI is InChI=1S/C13H27NO2/c1-11(2)16-10-12(15)9-14-13(3)7-5-4-6-8-13/h11-12,14-15H,4-10H2,1-3H3. The van der Waals surface area contributed by atoms with Gasteiger partial charge in [-0.3, -0.25) is 0 Å². The molecule has 0 amide bonds. The summed E-state index contributed by atoms with van der Waals surface area (Å²) < 4.78 is 5.39. The predicted molar refractivity (Wildman–Crippen MR) is 66.6 cm³/mol. The molecule has 1 unspecified atom stereocenters. The fourth-order valence-electron chi connectivity index (χ4n) is 2.24. The Labute approximate surface area is 99.6 Å². The van der Waals surface area contributed by atoms with Crippen LogP contribution in [0.5, 0.6) is 0 Å². The number of rotatable bonds is 6. The fourth-order valence-corrected chi connectivity index (χ4v) is 2.24. The second kappa shape index (κ2) is 6.58. The molecular weight excluding hydrogens is 202 g/mol. The summed E-state index contributed by atoms with van der Waals surface area (Å²) in [5.41, 5.74) is 0.233. The lowest BCUT2D eigenvalue weighted by molar-refractivity contribution is 0.00274. The van der Waals surface area contributed by atoms with Crippen molar-refractivity contribution in [1.29, 1.82) is 0 Å². The Morgan fingerprint density at radius 2 is 1.88 bits per heavy atom. The topological polar surface area (TPSA) is 41.5 Å². The highest BCUT2D eigenvalue weighted by molar-refractivity contribution is 4.86. The van der Waals surface area contributed by atoms with Crippen LogP contribution in [0, 0.1) is 0 Å². The SMILES string of the molecule is CC(C)OCC(O)CNC1(C)CCCCC1. The van der Waals surface area contributed by atoms with Crippen molar-refractivity contribution in [2.45, 2.75) is 70.6 Å². The summed E-state index contributed by atoms with van der Waals surface area (Å²) in [6, 6.07) is 0. The van der Waals surface area contributed by atoms with Gasteiger partial charge in [0.25, 0.3) is 0 Å². The van der Waals surface area contributed by atoms with Crippen molar-refractivity contribution in [2.75, 3.05) is 13.2 Å². The zero-order valence-corrected chi connectivity index (χ0v) is 11.0. The van der Waals surface area contributed by atoms with Gasteiger partial charge in [-0.05, 0) is 33.6 Å². The Hall–Kier alpha value is -0.120. The third-order valence-corrected chi connectivity index (χ3v) is 3.34. The van der Waals surface area contributed by atoms with Crippen molar-refractivity contribution >= 4 is 0 Å². The average molecular weight is 229 g/mol. The van der Waals surface area contributed by atoms with Crippen LogP contribution in [0.25, 0.3) is 0 Å². The lowest BCUT2D eigenvalue weighted by Crippen LogP contribution is -2.47. The van der Waals surface area contributed by atoms with Gasteiger partial charge in [0, 0.05) is 12.1 Å². The molecule has 0 aliphatic heterocycles. The van der Waals surface area contributed by atoms with Crippen molar-refractivity contribution in [3.63, 3.8) is 0 Å². The molecule has 1 aliphatic rings. The van der Waals surface area contributed by atoms with Crippen molar-refractivity contribution in [1.82, 2.24) is 5.32 Å². The number of hydrogen-bond donors (Lipinski definition) is 2. The normalized spacial score (nSPS) is 22.3. The maximum atomic E-state index is 9.76. The zero-order chi connectivity index (χ0) is 12.0. The highest BCUT2D eigenvalue weighted by atomic mass is 16.5. The van der Waals surface area contributed by atoms with Crippen LogP contribution >= 0.6 is 0 Å². The minimum absolute atomic E-state index is 0.194. The number of aliphatic hydroxyl groups is 1. The predicted octanol–water partition coefficient (Wildman–Crippen LogP) is 2.08. The van der Waals surface area contributed by atoms with Crippen LogP contribution in [0.1, 0.15) is 52.9 Å². The second-order valence-corrected chi connectivity index (χ2v) is 5.54. The largest absolute Gasteiger partial charge is 0.389 e. The van der Waals surface area contributed by atoms with Crippen molar-refractivity contribution in [3.8, 4) is 0 Å². The van der Waals surface area contributed by atoms with E-state index in [-0.39, 0.29) is 17.7 Å². The summed E-state index contributed by atoms with van der Waals surface area (Å²) in [5.74, 6) is 0. The quantitative estimate of drug-likeness (QED) is 0.733. The molecule has 1 atom stereocenters. The summed E-state index contributed by atoms with van der Waals surface area (Å²) >= 11 is 0. The maximum absolute atomic E-state index is 9.76. The van der Waals surface area contributed by atoms with Gasteiger partial charge < -0.3 is 15.2 Å². The minimum Gasteiger partial charge on any atom is -0.389 e. The van der Waals surface area contributed by atoms with Crippen LogP contribution in [0.4, 0.5) is 0 Å². The Morgan fingerprint density at radius 3 is 2.44 bits per heavy atom. The lowest BCUT2D eigenvalue weighted by atomic mass is 9.83. The van der Waals surface area contributed by atoms with E-state index in [9.17, 15) is 5.11 Å². The first kappa shape index (κ1) is 13.9. The van der Waals surface area contributed by atoms with Crippen LogP contribution < -0.4 is 5.32 Å². The Balaban J connectivity index is 2.17. The van der Waals surface area contributed by atoms with Crippen LogP contribution in [-0.2, 0) is 4.74 Å². The van der Waals surface area contributed by atoms with E-state index in [1.165, 1.54) is 32.1 Å². The first-order valence-corrected chi connectivity index (χ1v) is 6.56. The van der Waals surface area contributed by atoms with Gasteiger partial charge in [-0.25, -0.2) is 0 Å². The van der Waals surface area contributed by atoms with E-state index in [2.05, 4.69) is 12.2 Å². The molecule has 1 rings (SSSR count). The van der Waals surface area contributed by atoms with Gasteiger partial charge in [0.15, 0.2) is 0 Å². The van der Waals surface area contributed by atoms with E-state index in [1.54, 1.807) is 0 Å². The molecule has 0 aromatic carbocycles. The lowest BCUT2D eigenvalue weighted by Gasteiger charge is -2.35. The molecule has 3 heteroatoms. The minimum atomic E-state index is -0.388. The van der Waals surface area contributed by atoms with Gasteiger partial charge in [-0.1, -0.05) is 19.3 Å². The Morgan fingerprint density at radius 1 is 1.25 bits per heavy atom. The van der Waals surface area contributed by atoms with E-state index >= 15 is 0 Å². The zero-order valence-electron chi connectivity index (χ0n) is 11.0.